The van der Waals surface area contributed by atoms with E-state index in [0.29, 0.717) is 6.54 Å². The first-order valence-electron chi connectivity index (χ1n) is 7.35. The van der Waals surface area contributed by atoms with E-state index in [1.165, 1.54) is 26.3 Å². The summed E-state index contributed by atoms with van der Waals surface area (Å²) >= 11 is 0. The lowest BCUT2D eigenvalue weighted by Gasteiger charge is -2.11. The van der Waals surface area contributed by atoms with E-state index in [9.17, 15) is 13.2 Å². The molecule has 21 heavy (non-hydrogen) atoms. The highest BCUT2D eigenvalue weighted by molar-refractivity contribution is 5.42. The Hall–Kier alpha value is -1.53. The van der Waals surface area contributed by atoms with Crippen LogP contribution in [0, 0.1) is 0 Å². The summed E-state index contributed by atoms with van der Waals surface area (Å²) in [4.78, 5) is 7.39. The molecule has 0 aliphatic carbocycles. The van der Waals surface area contributed by atoms with Crippen molar-refractivity contribution in [2.75, 3.05) is 24.2 Å². The minimum absolute atomic E-state index is 0.0322. The van der Waals surface area contributed by atoms with Crippen molar-refractivity contribution in [3.05, 3.63) is 11.8 Å². The van der Waals surface area contributed by atoms with Gasteiger partial charge in [-0.3, -0.25) is 0 Å². The molecule has 1 heterocycles. The molecular weight excluding hydrogens is 281 g/mol. The minimum Gasteiger partial charge on any atom is -0.370 e. The van der Waals surface area contributed by atoms with E-state index in [1.807, 2.05) is 0 Å². The molecule has 0 amide bonds. The lowest BCUT2D eigenvalue weighted by molar-refractivity contribution is -0.141. The summed E-state index contributed by atoms with van der Waals surface area (Å²) in [5, 5.41) is 5.47. The van der Waals surface area contributed by atoms with Crippen LogP contribution in [-0.4, -0.2) is 23.6 Å². The first kappa shape index (κ1) is 17.5. The van der Waals surface area contributed by atoms with Crippen molar-refractivity contribution in [3.8, 4) is 0 Å². The molecule has 0 unspecified atom stereocenters. The molecule has 7 heteroatoms. The van der Waals surface area contributed by atoms with E-state index in [2.05, 4.69) is 27.5 Å². The van der Waals surface area contributed by atoms with Crippen LogP contribution in [0.4, 0.5) is 24.9 Å². The number of hydrogen-bond acceptors (Lipinski definition) is 4. The molecule has 1 aromatic heterocycles. The van der Waals surface area contributed by atoms with Crippen LogP contribution in [0.25, 0.3) is 0 Å². The number of anilines is 2. The summed E-state index contributed by atoms with van der Waals surface area (Å²) in [5.41, 5.74) is -0.938. The van der Waals surface area contributed by atoms with Crippen molar-refractivity contribution < 1.29 is 13.2 Å². The number of rotatable bonds is 9. The summed E-state index contributed by atoms with van der Waals surface area (Å²) in [5.74, 6) is 0.172. The second-order valence-corrected chi connectivity index (χ2v) is 4.90. The van der Waals surface area contributed by atoms with Gasteiger partial charge >= 0.3 is 6.18 Å². The summed E-state index contributed by atoms with van der Waals surface area (Å²) in [6, 6.07) is 0.942. The van der Waals surface area contributed by atoms with Crippen LogP contribution in [0.1, 0.15) is 51.1 Å². The van der Waals surface area contributed by atoms with Gasteiger partial charge < -0.3 is 10.6 Å². The quantitative estimate of drug-likeness (QED) is 0.667. The van der Waals surface area contributed by atoms with Gasteiger partial charge in [0.2, 0.25) is 5.95 Å². The highest BCUT2D eigenvalue weighted by atomic mass is 19.4. The number of alkyl halides is 3. The second-order valence-electron chi connectivity index (χ2n) is 4.90. The average Bonchev–Trinajstić information content (AvgIpc) is 2.45. The van der Waals surface area contributed by atoms with E-state index in [4.69, 9.17) is 0 Å². The summed E-state index contributed by atoms with van der Waals surface area (Å²) in [6.45, 7) is 2.78. The Labute approximate surface area is 123 Å². The second kappa shape index (κ2) is 8.69. The molecule has 4 nitrogen and oxygen atoms in total. The van der Waals surface area contributed by atoms with Gasteiger partial charge in [0.1, 0.15) is 5.82 Å². The molecule has 1 aromatic rings. The monoisotopic (exact) mass is 304 g/mol. The van der Waals surface area contributed by atoms with Crippen molar-refractivity contribution in [3.63, 3.8) is 0 Å². The van der Waals surface area contributed by atoms with Crippen LogP contribution < -0.4 is 10.6 Å². The lowest BCUT2D eigenvalue weighted by Crippen LogP contribution is -2.13. The predicted octanol–water partition coefficient (Wildman–Crippen LogP) is 4.31. The fourth-order valence-corrected chi connectivity index (χ4v) is 1.92. The number of nitrogens with one attached hydrogen (secondary N) is 2. The van der Waals surface area contributed by atoms with E-state index in [0.717, 1.165) is 25.3 Å². The topological polar surface area (TPSA) is 49.8 Å². The average molecular weight is 304 g/mol. The van der Waals surface area contributed by atoms with Gasteiger partial charge in [-0.2, -0.15) is 18.2 Å². The highest BCUT2D eigenvalue weighted by Crippen LogP contribution is 2.29. The van der Waals surface area contributed by atoms with Crippen molar-refractivity contribution in [1.29, 1.82) is 0 Å². The van der Waals surface area contributed by atoms with Gasteiger partial charge in [0.05, 0.1) is 0 Å². The molecule has 0 radical (unpaired) electrons. The third-order valence-corrected chi connectivity index (χ3v) is 3.08. The van der Waals surface area contributed by atoms with Gasteiger partial charge in [0, 0.05) is 19.7 Å². The zero-order chi connectivity index (χ0) is 15.7. The molecule has 1 rings (SSSR count). The van der Waals surface area contributed by atoms with Crippen molar-refractivity contribution in [2.24, 2.45) is 0 Å². The van der Waals surface area contributed by atoms with Crippen LogP contribution in [-0.2, 0) is 6.18 Å². The standard InChI is InChI=1S/C14H23F3N4/c1-3-4-5-6-7-8-9-19-12-10-11(14(15,16)17)20-13(18-2)21-12/h10H,3-9H2,1-2H3,(H2,18,19,20,21). The Bertz CT molecular complexity index is 421. The molecule has 0 aliphatic rings. The Kier molecular flexibility index (Phi) is 7.25. The van der Waals surface area contributed by atoms with Crippen LogP contribution >= 0.6 is 0 Å². The number of unbranched alkanes of at least 4 members (excludes halogenated alkanes) is 5. The van der Waals surface area contributed by atoms with Gasteiger partial charge in [-0.05, 0) is 6.42 Å². The zero-order valence-electron chi connectivity index (χ0n) is 12.6. The Morgan fingerprint density at radius 3 is 2.33 bits per heavy atom. The molecule has 0 fully saturated rings. The molecule has 2 N–H and O–H groups in total. The largest absolute Gasteiger partial charge is 0.433 e. The fraction of sp³-hybridized carbons (Fsp3) is 0.714. The molecule has 0 saturated carbocycles. The first-order valence-corrected chi connectivity index (χ1v) is 7.35. The molecule has 0 saturated heterocycles. The number of aromatic nitrogens is 2. The Morgan fingerprint density at radius 2 is 1.71 bits per heavy atom. The van der Waals surface area contributed by atoms with Crippen LogP contribution in [0.5, 0.6) is 0 Å². The van der Waals surface area contributed by atoms with E-state index in [1.54, 1.807) is 0 Å². The lowest BCUT2D eigenvalue weighted by atomic mass is 10.1. The van der Waals surface area contributed by atoms with E-state index < -0.39 is 11.9 Å². The third kappa shape index (κ3) is 6.64. The van der Waals surface area contributed by atoms with Gasteiger partial charge in [-0.15, -0.1) is 0 Å². The van der Waals surface area contributed by atoms with Crippen LogP contribution in [0.3, 0.4) is 0 Å². The molecule has 0 bridgehead atoms. The highest BCUT2D eigenvalue weighted by Gasteiger charge is 2.33. The van der Waals surface area contributed by atoms with Crippen molar-refractivity contribution >= 4 is 11.8 Å². The van der Waals surface area contributed by atoms with E-state index in [-0.39, 0.29) is 11.8 Å². The minimum atomic E-state index is -4.47. The van der Waals surface area contributed by atoms with Crippen LogP contribution in [0.15, 0.2) is 6.07 Å². The van der Waals surface area contributed by atoms with E-state index >= 15 is 0 Å². The van der Waals surface area contributed by atoms with Gasteiger partial charge in [0.15, 0.2) is 5.69 Å². The maximum absolute atomic E-state index is 12.7. The summed E-state index contributed by atoms with van der Waals surface area (Å²) < 4.78 is 38.1. The first-order chi connectivity index (χ1) is 9.97. The number of nitrogens with zero attached hydrogens (tertiary/aromatic N) is 2. The SMILES string of the molecule is CCCCCCCCNc1cc(C(F)(F)F)nc(NC)n1. The number of halogens is 3. The van der Waals surface area contributed by atoms with Gasteiger partial charge in [-0.25, -0.2) is 4.98 Å². The molecule has 0 aliphatic heterocycles. The molecule has 120 valence electrons. The van der Waals surface area contributed by atoms with Gasteiger partial charge in [0.25, 0.3) is 0 Å². The predicted molar refractivity (Wildman–Crippen MR) is 78.4 cm³/mol. The number of hydrogen-bond donors (Lipinski definition) is 2. The molecule has 0 aromatic carbocycles. The molecule has 0 atom stereocenters. The normalized spacial score (nSPS) is 11.5. The zero-order valence-corrected chi connectivity index (χ0v) is 12.6. The third-order valence-electron chi connectivity index (χ3n) is 3.08. The molecular formula is C14H23F3N4. The maximum atomic E-state index is 12.7. The van der Waals surface area contributed by atoms with Gasteiger partial charge in [-0.1, -0.05) is 39.0 Å². The van der Waals surface area contributed by atoms with Crippen LogP contribution in [0.2, 0.25) is 0 Å². The van der Waals surface area contributed by atoms with Crippen molar-refractivity contribution in [2.45, 2.75) is 51.6 Å². The Balaban J connectivity index is 2.47. The fourth-order valence-electron chi connectivity index (χ4n) is 1.92. The van der Waals surface area contributed by atoms with Crippen molar-refractivity contribution in [1.82, 2.24) is 9.97 Å². The smallest absolute Gasteiger partial charge is 0.370 e. The summed E-state index contributed by atoms with van der Waals surface area (Å²) in [6.07, 6.45) is 2.34. The maximum Gasteiger partial charge on any atom is 0.433 e. The Morgan fingerprint density at radius 1 is 1.05 bits per heavy atom. The summed E-state index contributed by atoms with van der Waals surface area (Å²) in [7, 11) is 1.49. The molecule has 0 spiro atoms.